The molecule has 0 saturated carbocycles. The Bertz CT molecular complexity index is 241. The molecule has 15 heavy (non-hydrogen) atoms. The van der Waals surface area contributed by atoms with Crippen LogP contribution in [0.4, 0.5) is 0 Å². The number of amides is 1. The molecule has 1 rings (SSSR count). The summed E-state index contributed by atoms with van der Waals surface area (Å²) in [5, 5.41) is 0. The van der Waals surface area contributed by atoms with Crippen molar-refractivity contribution < 1.29 is 9.53 Å². The fraction of sp³-hybridized carbons (Fsp3) is 0.909. The van der Waals surface area contributed by atoms with Crippen molar-refractivity contribution in [2.24, 2.45) is 5.73 Å². The molecule has 1 heterocycles. The maximum absolute atomic E-state index is 12.1. The van der Waals surface area contributed by atoms with E-state index in [1.165, 1.54) is 0 Å². The molecule has 4 heteroatoms. The molecule has 0 aromatic heterocycles. The quantitative estimate of drug-likeness (QED) is 0.754. The van der Waals surface area contributed by atoms with Gasteiger partial charge in [0, 0.05) is 19.1 Å². The highest BCUT2D eigenvalue weighted by molar-refractivity contribution is 5.85. The molecular weight excluding hydrogens is 192 g/mol. The maximum atomic E-state index is 12.1. The van der Waals surface area contributed by atoms with Gasteiger partial charge in [-0.15, -0.1) is 0 Å². The summed E-state index contributed by atoms with van der Waals surface area (Å²) in [5.41, 5.74) is 4.88. The predicted octanol–water partition coefficient (Wildman–Crippen LogP) is 0.750. The highest BCUT2D eigenvalue weighted by Gasteiger charge is 2.41. The van der Waals surface area contributed by atoms with Gasteiger partial charge in [0.2, 0.25) is 0 Å². The smallest absolute Gasteiger partial charge is 0.254 e. The van der Waals surface area contributed by atoms with Crippen LogP contribution in [-0.4, -0.2) is 41.6 Å². The van der Waals surface area contributed by atoms with Crippen molar-refractivity contribution in [1.82, 2.24) is 4.90 Å². The van der Waals surface area contributed by atoms with Crippen LogP contribution in [-0.2, 0) is 9.53 Å². The summed E-state index contributed by atoms with van der Waals surface area (Å²) in [6, 6.07) is 0.259. The first-order chi connectivity index (χ1) is 6.92. The summed E-state index contributed by atoms with van der Waals surface area (Å²) >= 11 is 0. The van der Waals surface area contributed by atoms with Gasteiger partial charge in [-0.2, -0.15) is 0 Å². The molecule has 4 nitrogen and oxygen atoms in total. The zero-order valence-electron chi connectivity index (χ0n) is 10.1. The zero-order chi connectivity index (χ0) is 11.6. The summed E-state index contributed by atoms with van der Waals surface area (Å²) in [6.07, 6.45) is 0.922. The molecule has 0 spiro atoms. The van der Waals surface area contributed by atoms with Crippen LogP contribution in [0.15, 0.2) is 0 Å². The number of carbonyl (C=O) groups excluding carboxylic acids is 1. The van der Waals surface area contributed by atoms with Gasteiger partial charge in [-0.3, -0.25) is 4.79 Å². The van der Waals surface area contributed by atoms with E-state index in [9.17, 15) is 4.79 Å². The van der Waals surface area contributed by atoms with Gasteiger partial charge in [-0.25, -0.2) is 0 Å². The molecule has 0 aromatic carbocycles. The van der Waals surface area contributed by atoms with E-state index >= 15 is 0 Å². The lowest BCUT2D eigenvalue weighted by molar-refractivity contribution is -0.181. The SMILES string of the molecule is CCC(C)N1CC(CN)OC(C)(C)C1=O. The molecule has 2 N–H and O–H groups in total. The van der Waals surface area contributed by atoms with E-state index in [2.05, 4.69) is 13.8 Å². The van der Waals surface area contributed by atoms with Gasteiger partial charge in [-0.1, -0.05) is 6.92 Å². The first-order valence-corrected chi connectivity index (χ1v) is 5.61. The highest BCUT2D eigenvalue weighted by atomic mass is 16.5. The fourth-order valence-corrected chi connectivity index (χ4v) is 1.88. The van der Waals surface area contributed by atoms with Crippen molar-refractivity contribution >= 4 is 5.91 Å². The number of nitrogens with two attached hydrogens (primary N) is 1. The standard InChI is InChI=1S/C11H22N2O2/c1-5-8(2)13-7-9(6-12)15-11(3,4)10(13)14/h8-9H,5-7,12H2,1-4H3. The van der Waals surface area contributed by atoms with Crippen molar-refractivity contribution in [1.29, 1.82) is 0 Å². The largest absolute Gasteiger partial charge is 0.359 e. The molecule has 1 saturated heterocycles. The van der Waals surface area contributed by atoms with E-state index in [4.69, 9.17) is 10.5 Å². The third-order valence-electron chi connectivity index (χ3n) is 3.02. The average molecular weight is 214 g/mol. The normalized spacial score (nSPS) is 27.9. The zero-order valence-corrected chi connectivity index (χ0v) is 10.1. The van der Waals surface area contributed by atoms with E-state index in [0.717, 1.165) is 6.42 Å². The molecule has 1 fully saturated rings. The number of hydrogen-bond acceptors (Lipinski definition) is 3. The Morgan fingerprint density at radius 3 is 2.73 bits per heavy atom. The molecular formula is C11H22N2O2. The number of nitrogens with zero attached hydrogens (tertiary/aromatic N) is 1. The third kappa shape index (κ3) is 2.49. The Hall–Kier alpha value is -0.610. The lowest BCUT2D eigenvalue weighted by atomic mass is 10.0. The molecule has 1 amide bonds. The minimum absolute atomic E-state index is 0.0355. The molecule has 0 aromatic rings. The van der Waals surface area contributed by atoms with Gasteiger partial charge in [-0.05, 0) is 27.2 Å². The Balaban J connectivity index is 2.82. The van der Waals surface area contributed by atoms with Crippen LogP contribution in [0.3, 0.4) is 0 Å². The molecule has 0 radical (unpaired) electrons. The second-order valence-electron chi connectivity index (χ2n) is 4.70. The fourth-order valence-electron chi connectivity index (χ4n) is 1.88. The van der Waals surface area contributed by atoms with Crippen LogP contribution in [0, 0.1) is 0 Å². The van der Waals surface area contributed by atoms with Gasteiger partial charge in [0.1, 0.15) is 5.60 Å². The lowest BCUT2D eigenvalue weighted by Gasteiger charge is -2.44. The molecule has 1 aliphatic rings. The molecule has 2 unspecified atom stereocenters. The van der Waals surface area contributed by atoms with Crippen molar-refractivity contribution in [2.75, 3.05) is 13.1 Å². The molecule has 88 valence electrons. The van der Waals surface area contributed by atoms with Crippen molar-refractivity contribution in [3.05, 3.63) is 0 Å². The maximum Gasteiger partial charge on any atom is 0.254 e. The Morgan fingerprint density at radius 1 is 1.67 bits per heavy atom. The monoisotopic (exact) mass is 214 g/mol. The van der Waals surface area contributed by atoms with Crippen LogP contribution < -0.4 is 5.73 Å². The van der Waals surface area contributed by atoms with E-state index < -0.39 is 5.60 Å². The Kier molecular flexibility index (Phi) is 3.73. The Labute approximate surface area is 91.8 Å². The minimum atomic E-state index is -0.730. The van der Waals surface area contributed by atoms with Crippen LogP contribution in [0.5, 0.6) is 0 Å². The number of carbonyl (C=O) groups is 1. The first-order valence-electron chi connectivity index (χ1n) is 5.61. The van der Waals surface area contributed by atoms with Crippen LogP contribution in [0.2, 0.25) is 0 Å². The topological polar surface area (TPSA) is 55.6 Å². The second kappa shape index (κ2) is 4.49. The van der Waals surface area contributed by atoms with Crippen LogP contribution >= 0.6 is 0 Å². The van der Waals surface area contributed by atoms with Gasteiger partial charge < -0.3 is 15.4 Å². The van der Waals surface area contributed by atoms with E-state index in [-0.39, 0.29) is 18.1 Å². The van der Waals surface area contributed by atoms with Crippen LogP contribution in [0.25, 0.3) is 0 Å². The summed E-state index contributed by atoms with van der Waals surface area (Å²) in [4.78, 5) is 14.0. The second-order valence-corrected chi connectivity index (χ2v) is 4.70. The summed E-state index contributed by atoms with van der Waals surface area (Å²) in [5.74, 6) is 0.0709. The number of morpholine rings is 1. The number of hydrogen-bond donors (Lipinski definition) is 1. The van der Waals surface area contributed by atoms with Gasteiger partial charge in [0.05, 0.1) is 6.10 Å². The first kappa shape index (κ1) is 12.5. The number of rotatable bonds is 3. The number of ether oxygens (including phenoxy) is 1. The molecule has 1 aliphatic heterocycles. The van der Waals surface area contributed by atoms with Gasteiger partial charge in [0.15, 0.2) is 0 Å². The van der Waals surface area contributed by atoms with Crippen LogP contribution in [0.1, 0.15) is 34.1 Å². The van der Waals surface area contributed by atoms with Gasteiger partial charge in [0.25, 0.3) is 5.91 Å². The van der Waals surface area contributed by atoms with E-state index in [1.807, 2.05) is 18.7 Å². The van der Waals surface area contributed by atoms with E-state index in [1.54, 1.807) is 0 Å². The van der Waals surface area contributed by atoms with Crippen molar-refractivity contribution in [2.45, 2.75) is 51.9 Å². The predicted molar refractivity (Wildman–Crippen MR) is 59.5 cm³/mol. The summed E-state index contributed by atoms with van der Waals surface area (Å²) < 4.78 is 5.64. The molecule has 2 atom stereocenters. The molecule has 0 aliphatic carbocycles. The Morgan fingerprint density at radius 2 is 2.27 bits per heavy atom. The lowest BCUT2D eigenvalue weighted by Crippen LogP contribution is -2.60. The summed E-state index contributed by atoms with van der Waals surface area (Å²) in [6.45, 7) is 8.85. The van der Waals surface area contributed by atoms with Crippen molar-refractivity contribution in [3.8, 4) is 0 Å². The summed E-state index contributed by atoms with van der Waals surface area (Å²) in [7, 11) is 0. The highest BCUT2D eigenvalue weighted by Crippen LogP contribution is 2.24. The minimum Gasteiger partial charge on any atom is -0.359 e. The van der Waals surface area contributed by atoms with Gasteiger partial charge >= 0.3 is 0 Å². The van der Waals surface area contributed by atoms with E-state index in [0.29, 0.717) is 13.1 Å². The van der Waals surface area contributed by atoms with Crippen molar-refractivity contribution in [3.63, 3.8) is 0 Å². The molecule has 0 bridgehead atoms. The average Bonchev–Trinajstić information content (AvgIpc) is 2.20. The third-order valence-corrected chi connectivity index (χ3v) is 3.02.